The van der Waals surface area contributed by atoms with E-state index in [0.717, 1.165) is 25.9 Å². The molecule has 0 aliphatic carbocycles. The van der Waals surface area contributed by atoms with E-state index in [1.165, 1.54) is 22.6 Å². The van der Waals surface area contributed by atoms with Crippen molar-refractivity contribution in [3.05, 3.63) is 48.0 Å². The van der Waals surface area contributed by atoms with Gasteiger partial charge >= 0.3 is 0 Å². The van der Waals surface area contributed by atoms with Gasteiger partial charge in [-0.3, -0.25) is 4.90 Å². The lowest BCUT2D eigenvalue weighted by molar-refractivity contribution is 0.133. The molecule has 2 atom stereocenters. The molecule has 0 spiro atoms. The molecule has 0 unspecified atom stereocenters. The molecule has 24 heavy (non-hydrogen) atoms. The van der Waals surface area contributed by atoms with Crippen LogP contribution in [0.1, 0.15) is 31.4 Å². The lowest BCUT2D eigenvalue weighted by Crippen LogP contribution is -2.41. The largest absolute Gasteiger partial charge is 0.296 e. The summed E-state index contributed by atoms with van der Waals surface area (Å²) in [5, 5.41) is 2.54. The fraction of sp³-hybridized carbons (Fsp3) is 0.474. The van der Waals surface area contributed by atoms with E-state index in [0.29, 0.717) is 18.5 Å². The fourth-order valence-electron chi connectivity index (χ4n) is 3.56. The minimum Gasteiger partial charge on any atom is -0.296 e. The van der Waals surface area contributed by atoms with Gasteiger partial charge in [0.25, 0.3) is 0 Å². The molecular formula is C19H26N2O2S. The number of sulfonamides is 1. The van der Waals surface area contributed by atoms with Gasteiger partial charge in [0.05, 0.1) is 6.26 Å². The molecule has 1 aliphatic heterocycles. The highest BCUT2D eigenvalue weighted by molar-refractivity contribution is 7.88. The average molecular weight is 346 g/mol. The van der Waals surface area contributed by atoms with Gasteiger partial charge < -0.3 is 0 Å². The lowest BCUT2D eigenvalue weighted by atomic mass is 9.94. The SMILES string of the molecule is C[C@@H](c1ccc2ccccc2c1)N1CCC[C@H](CNS(C)(=O)=O)C1. The monoisotopic (exact) mass is 346 g/mol. The van der Waals surface area contributed by atoms with E-state index in [2.05, 4.69) is 59.0 Å². The maximum absolute atomic E-state index is 11.3. The van der Waals surface area contributed by atoms with E-state index in [1.54, 1.807) is 0 Å². The first-order chi connectivity index (χ1) is 11.4. The van der Waals surface area contributed by atoms with Crippen molar-refractivity contribution in [1.29, 1.82) is 0 Å². The quantitative estimate of drug-likeness (QED) is 0.905. The van der Waals surface area contributed by atoms with E-state index in [1.807, 2.05) is 0 Å². The van der Waals surface area contributed by atoms with Crippen molar-refractivity contribution in [2.75, 3.05) is 25.9 Å². The van der Waals surface area contributed by atoms with Gasteiger partial charge in [0, 0.05) is 19.1 Å². The summed E-state index contributed by atoms with van der Waals surface area (Å²) in [6.45, 7) is 4.80. The molecule has 1 aliphatic rings. The Morgan fingerprint density at radius 2 is 1.96 bits per heavy atom. The van der Waals surface area contributed by atoms with Crippen LogP contribution in [0.15, 0.2) is 42.5 Å². The molecule has 0 saturated carbocycles. The zero-order valence-corrected chi connectivity index (χ0v) is 15.2. The molecule has 1 heterocycles. The van der Waals surface area contributed by atoms with Crippen LogP contribution in [0, 0.1) is 5.92 Å². The smallest absolute Gasteiger partial charge is 0.208 e. The number of fused-ring (bicyclic) bond motifs is 1. The Hall–Kier alpha value is -1.43. The molecule has 5 heteroatoms. The van der Waals surface area contributed by atoms with Crippen molar-refractivity contribution in [2.24, 2.45) is 5.92 Å². The topological polar surface area (TPSA) is 49.4 Å². The number of piperidine rings is 1. The number of rotatable bonds is 5. The Bertz CT molecular complexity index is 804. The summed E-state index contributed by atoms with van der Waals surface area (Å²) in [6, 6.07) is 15.5. The van der Waals surface area contributed by atoms with Crippen LogP contribution in [0.2, 0.25) is 0 Å². The minimum absolute atomic E-state index is 0.343. The second-order valence-corrected chi connectivity index (χ2v) is 8.74. The second-order valence-electron chi connectivity index (χ2n) is 6.91. The van der Waals surface area contributed by atoms with Crippen LogP contribution in [0.3, 0.4) is 0 Å². The van der Waals surface area contributed by atoms with Gasteiger partial charge in [0.1, 0.15) is 0 Å². The van der Waals surface area contributed by atoms with Crippen LogP contribution < -0.4 is 4.72 Å². The Morgan fingerprint density at radius 1 is 1.21 bits per heavy atom. The number of nitrogens with zero attached hydrogens (tertiary/aromatic N) is 1. The van der Waals surface area contributed by atoms with E-state index >= 15 is 0 Å². The number of likely N-dealkylation sites (tertiary alicyclic amines) is 1. The van der Waals surface area contributed by atoms with E-state index in [-0.39, 0.29) is 0 Å². The maximum Gasteiger partial charge on any atom is 0.208 e. The Balaban J connectivity index is 1.69. The molecule has 3 rings (SSSR count). The Kier molecular flexibility index (Phi) is 5.23. The summed E-state index contributed by atoms with van der Waals surface area (Å²) in [6.07, 6.45) is 3.43. The standard InChI is InChI=1S/C19H26N2O2S/c1-15(18-10-9-17-7-3-4-8-19(17)12-18)21-11-5-6-16(14-21)13-20-24(2,22)23/h3-4,7-10,12,15-16,20H,5-6,11,13-14H2,1-2H3/t15-,16+/m0/s1. The van der Waals surface area contributed by atoms with Gasteiger partial charge in [0.2, 0.25) is 10.0 Å². The highest BCUT2D eigenvalue weighted by Gasteiger charge is 2.25. The highest BCUT2D eigenvalue weighted by Crippen LogP contribution is 2.28. The van der Waals surface area contributed by atoms with Crippen LogP contribution in [-0.2, 0) is 10.0 Å². The average Bonchev–Trinajstić information content (AvgIpc) is 2.58. The highest BCUT2D eigenvalue weighted by atomic mass is 32.2. The zero-order valence-electron chi connectivity index (χ0n) is 14.4. The lowest BCUT2D eigenvalue weighted by Gasteiger charge is -2.37. The third-order valence-electron chi connectivity index (χ3n) is 4.99. The minimum atomic E-state index is -3.11. The molecule has 2 aromatic carbocycles. The van der Waals surface area contributed by atoms with Gasteiger partial charge in [-0.25, -0.2) is 13.1 Å². The number of hydrogen-bond acceptors (Lipinski definition) is 3. The van der Waals surface area contributed by atoms with E-state index in [9.17, 15) is 8.42 Å². The van der Waals surface area contributed by atoms with Gasteiger partial charge in [-0.05, 0) is 54.6 Å². The van der Waals surface area contributed by atoms with Crippen molar-refractivity contribution in [2.45, 2.75) is 25.8 Å². The summed E-state index contributed by atoms with van der Waals surface area (Å²) in [5.41, 5.74) is 1.32. The van der Waals surface area contributed by atoms with Crippen molar-refractivity contribution >= 4 is 20.8 Å². The number of nitrogens with one attached hydrogen (secondary N) is 1. The molecule has 130 valence electrons. The molecule has 0 radical (unpaired) electrons. The molecule has 0 bridgehead atoms. The van der Waals surface area contributed by atoms with Crippen molar-refractivity contribution in [3.8, 4) is 0 Å². The van der Waals surface area contributed by atoms with Crippen LogP contribution in [-0.4, -0.2) is 39.2 Å². The van der Waals surface area contributed by atoms with E-state index < -0.39 is 10.0 Å². The molecule has 0 aromatic heterocycles. The number of benzene rings is 2. The predicted octanol–water partition coefficient (Wildman–Crippen LogP) is 3.16. The molecule has 1 saturated heterocycles. The summed E-state index contributed by atoms with van der Waals surface area (Å²) in [4.78, 5) is 2.47. The summed E-state index contributed by atoms with van der Waals surface area (Å²) >= 11 is 0. The second kappa shape index (κ2) is 7.21. The third kappa shape index (κ3) is 4.35. The van der Waals surface area contributed by atoms with Crippen molar-refractivity contribution in [1.82, 2.24) is 9.62 Å². The molecule has 0 amide bonds. The zero-order chi connectivity index (χ0) is 17.2. The van der Waals surface area contributed by atoms with E-state index in [4.69, 9.17) is 0 Å². The van der Waals surface area contributed by atoms with Gasteiger partial charge in [-0.1, -0.05) is 36.4 Å². The van der Waals surface area contributed by atoms with Gasteiger partial charge in [0.15, 0.2) is 0 Å². The molecule has 2 aromatic rings. The van der Waals surface area contributed by atoms with Crippen molar-refractivity contribution < 1.29 is 8.42 Å². The Morgan fingerprint density at radius 3 is 2.71 bits per heavy atom. The first-order valence-electron chi connectivity index (χ1n) is 8.60. The molecular weight excluding hydrogens is 320 g/mol. The van der Waals surface area contributed by atoms with Crippen LogP contribution in [0.25, 0.3) is 10.8 Å². The fourth-order valence-corrected chi connectivity index (χ4v) is 4.10. The first kappa shape index (κ1) is 17.4. The molecule has 4 nitrogen and oxygen atoms in total. The summed E-state index contributed by atoms with van der Waals surface area (Å²) < 4.78 is 25.3. The number of hydrogen-bond donors (Lipinski definition) is 1. The van der Waals surface area contributed by atoms with Gasteiger partial charge in [-0.2, -0.15) is 0 Å². The van der Waals surface area contributed by atoms with Crippen LogP contribution in [0.4, 0.5) is 0 Å². The summed E-state index contributed by atoms with van der Waals surface area (Å²) in [7, 11) is -3.11. The first-order valence-corrected chi connectivity index (χ1v) is 10.5. The maximum atomic E-state index is 11.3. The predicted molar refractivity (Wildman–Crippen MR) is 99.5 cm³/mol. The van der Waals surface area contributed by atoms with Gasteiger partial charge in [-0.15, -0.1) is 0 Å². The van der Waals surface area contributed by atoms with Crippen LogP contribution in [0.5, 0.6) is 0 Å². The van der Waals surface area contributed by atoms with Crippen molar-refractivity contribution in [3.63, 3.8) is 0 Å². The normalized spacial score (nSPS) is 21.0. The Labute approximate surface area is 144 Å². The van der Waals surface area contributed by atoms with Crippen LogP contribution >= 0.6 is 0 Å². The summed E-state index contributed by atoms with van der Waals surface area (Å²) in [5.74, 6) is 0.386. The molecule has 1 fully saturated rings. The third-order valence-corrected chi connectivity index (χ3v) is 5.68. The molecule has 1 N–H and O–H groups in total.